The Morgan fingerprint density at radius 3 is 2.96 bits per heavy atom. The first kappa shape index (κ1) is 16.1. The van der Waals surface area contributed by atoms with Gasteiger partial charge in [-0.15, -0.1) is 0 Å². The minimum atomic E-state index is -0.257. The highest BCUT2D eigenvalue weighted by Gasteiger charge is 2.23. The highest BCUT2D eigenvalue weighted by Crippen LogP contribution is 2.26. The molecule has 1 fully saturated rings. The highest BCUT2D eigenvalue weighted by atomic mass is 16.4. The number of nitrogens with zero attached hydrogens (tertiary/aromatic N) is 4. The monoisotopic (exact) mass is 340 g/mol. The standard InChI is InChI=1S/C19H24N4O2/c1-21-16(9-10-20-21)15-6-4-11-22(14-15)12-5-13-23-17-7-2-3-8-18(17)25-19(23)24/h2-3,7-10,15H,4-6,11-14H2,1H3/t15-/m1/s1. The van der Waals surface area contributed by atoms with Crippen molar-refractivity contribution in [2.45, 2.75) is 31.7 Å². The van der Waals surface area contributed by atoms with Crippen molar-refractivity contribution in [2.24, 2.45) is 7.05 Å². The number of fused-ring (bicyclic) bond motifs is 1. The van der Waals surface area contributed by atoms with Crippen molar-refractivity contribution in [1.29, 1.82) is 0 Å². The number of likely N-dealkylation sites (tertiary alicyclic amines) is 1. The molecule has 1 aromatic carbocycles. The second-order valence-electron chi connectivity index (χ2n) is 6.86. The predicted molar refractivity (Wildman–Crippen MR) is 96.7 cm³/mol. The van der Waals surface area contributed by atoms with Gasteiger partial charge in [0.15, 0.2) is 5.58 Å². The van der Waals surface area contributed by atoms with Gasteiger partial charge in [-0.3, -0.25) is 9.25 Å². The molecule has 0 saturated carbocycles. The van der Waals surface area contributed by atoms with Crippen LogP contribution < -0.4 is 5.76 Å². The molecular formula is C19H24N4O2. The summed E-state index contributed by atoms with van der Waals surface area (Å²) in [6.45, 7) is 3.90. The normalized spacial score (nSPS) is 18.8. The molecule has 0 aliphatic carbocycles. The molecule has 25 heavy (non-hydrogen) atoms. The summed E-state index contributed by atoms with van der Waals surface area (Å²) in [6.07, 6.45) is 5.26. The van der Waals surface area contributed by atoms with Gasteiger partial charge in [0.2, 0.25) is 0 Å². The minimum absolute atomic E-state index is 0.257. The zero-order valence-electron chi connectivity index (χ0n) is 14.6. The number of oxazole rings is 1. The van der Waals surface area contributed by atoms with Crippen LogP contribution in [0.2, 0.25) is 0 Å². The van der Waals surface area contributed by atoms with Crippen LogP contribution in [-0.2, 0) is 13.6 Å². The van der Waals surface area contributed by atoms with Crippen LogP contribution in [-0.4, -0.2) is 38.9 Å². The van der Waals surface area contributed by atoms with Gasteiger partial charge < -0.3 is 9.32 Å². The molecule has 132 valence electrons. The fourth-order valence-electron chi connectivity index (χ4n) is 3.96. The molecule has 3 heterocycles. The lowest BCUT2D eigenvalue weighted by Crippen LogP contribution is -2.36. The van der Waals surface area contributed by atoms with Crippen LogP contribution in [0.5, 0.6) is 0 Å². The van der Waals surface area contributed by atoms with E-state index in [0.29, 0.717) is 18.0 Å². The molecule has 1 aliphatic heterocycles. The number of hydrogen-bond acceptors (Lipinski definition) is 4. The fraction of sp³-hybridized carbons (Fsp3) is 0.474. The van der Waals surface area contributed by atoms with Crippen molar-refractivity contribution >= 4 is 11.1 Å². The Balaban J connectivity index is 1.37. The van der Waals surface area contributed by atoms with Crippen LogP contribution in [0.1, 0.15) is 30.9 Å². The molecule has 1 atom stereocenters. The smallest absolute Gasteiger partial charge is 0.408 e. The lowest BCUT2D eigenvalue weighted by atomic mass is 9.94. The van der Waals surface area contributed by atoms with E-state index in [1.165, 1.54) is 18.5 Å². The zero-order chi connectivity index (χ0) is 17.2. The Morgan fingerprint density at radius 2 is 2.12 bits per heavy atom. The predicted octanol–water partition coefficient (Wildman–Crippen LogP) is 2.60. The highest BCUT2D eigenvalue weighted by molar-refractivity contribution is 5.72. The maximum Gasteiger partial charge on any atom is 0.419 e. The molecule has 0 amide bonds. The number of para-hydroxylation sites is 2. The average Bonchev–Trinajstić information content (AvgIpc) is 3.18. The van der Waals surface area contributed by atoms with Crippen LogP contribution in [0.3, 0.4) is 0 Å². The molecule has 6 heteroatoms. The van der Waals surface area contributed by atoms with E-state index in [9.17, 15) is 4.79 Å². The second-order valence-corrected chi connectivity index (χ2v) is 6.86. The van der Waals surface area contributed by atoms with Crippen molar-refractivity contribution in [3.63, 3.8) is 0 Å². The molecular weight excluding hydrogens is 316 g/mol. The summed E-state index contributed by atoms with van der Waals surface area (Å²) in [7, 11) is 2.02. The van der Waals surface area contributed by atoms with Gasteiger partial charge >= 0.3 is 5.76 Å². The number of piperidine rings is 1. The number of aryl methyl sites for hydroxylation is 2. The van der Waals surface area contributed by atoms with Gasteiger partial charge in [0, 0.05) is 37.9 Å². The Kier molecular flexibility index (Phi) is 4.44. The van der Waals surface area contributed by atoms with Crippen molar-refractivity contribution in [2.75, 3.05) is 19.6 Å². The molecule has 0 bridgehead atoms. The minimum Gasteiger partial charge on any atom is -0.408 e. The van der Waals surface area contributed by atoms with Crippen LogP contribution in [0.15, 0.2) is 45.7 Å². The Labute approximate surface area is 146 Å². The van der Waals surface area contributed by atoms with E-state index in [1.54, 1.807) is 4.57 Å². The Hall–Kier alpha value is -2.34. The van der Waals surface area contributed by atoms with E-state index in [2.05, 4.69) is 16.1 Å². The van der Waals surface area contributed by atoms with Gasteiger partial charge in [-0.1, -0.05) is 12.1 Å². The van der Waals surface area contributed by atoms with Crippen LogP contribution in [0.25, 0.3) is 11.1 Å². The van der Waals surface area contributed by atoms with Crippen LogP contribution in [0, 0.1) is 0 Å². The molecule has 3 aromatic rings. The summed E-state index contributed by atoms with van der Waals surface area (Å²) in [6, 6.07) is 9.75. The topological polar surface area (TPSA) is 56.2 Å². The van der Waals surface area contributed by atoms with Crippen LogP contribution >= 0.6 is 0 Å². The summed E-state index contributed by atoms with van der Waals surface area (Å²) < 4.78 is 9.04. The first-order valence-electron chi connectivity index (χ1n) is 9.01. The van der Waals surface area contributed by atoms with Gasteiger partial charge in [0.1, 0.15) is 0 Å². The first-order chi connectivity index (χ1) is 12.2. The van der Waals surface area contributed by atoms with Gasteiger partial charge in [-0.2, -0.15) is 5.10 Å². The lowest BCUT2D eigenvalue weighted by Gasteiger charge is -2.32. The number of aromatic nitrogens is 3. The molecule has 1 aliphatic rings. The summed E-state index contributed by atoms with van der Waals surface area (Å²) in [5.41, 5.74) is 2.88. The average molecular weight is 340 g/mol. The van der Waals surface area contributed by atoms with Crippen molar-refractivity contribution in [3.05, 3.63) is 52.8 Å². The molecule has 4 rings (SSSR count). The summed E-state index contributed by atoms with van der Waals surface area (Å²) in [4.78, 5) is 14.5. The number of benzene rings is 1. The first-order valence-corrected chi connectivity index (χ1v) is 9.01. The largest absolute Gasteiger partial charge is 0.419 e. The quantitative estimate of drug-likeness (QED) is 0.716. The fourth-order valence-corrected chi connectivity index (χ4v) is 3.96. The molecule has 0 N–H and O–H groups in total. The van der Waals surface area contributed by atoms with E-state index < -0.39 is 0 Å². The van der Waals surface area contributed by atoms with E-state index in [0.717, 1.165) is 31.6 Å². The molecule has 0 radical (unpaired) electrons. The lowest BCUT2D eigenvalue weighted by molar-refractivity contribution is 0.199. The summed E-state index contributed by atoms with van der Waals surface area (Å²) in [5, 5.41) is 4.30. The summed E-state index contributed by atoms with van der Waals surface area (Å²) in [5.74, 6) is 0.298. The molecule has 6 nitrogen and oxygen atoms in total. The van der Waals surface area contributed by atoms with Crippen molar-refractivity contribution in [1.82, 2.24) is 19.2 Å². The maximum atomic E-state index is 12.0. The SMILES string of the molecule is Cn1nccc1[C@@H]1CCCN(CCCn2c(=O)oc3ccccc32)C1. The molecule has 0 unspecified atom stereocenters. The Bertz CT molecular complexity index is 907. The van der Waals surface area contributed by atoms with E-state index >= 15 is 0 Å². The molecule has 0 spiro atoms. The van der Waals surface area contributed by atoms with Crippen molar-refractivity contribution < 1.29 is 4.42 Å². The maximum absolute atomic E-state index is 12.0. The van der Waals surface area contributed by atoms with Gasteiger partial charge in [-0.05, 0) is 50.6 Å². The third kappa shape index (κ3) is 3.26. The van der Waals surface area contributed by atoms with E-state index in [4.69, 9.17) is 4.42 Å². The number of rotatable bonds is 5. The van der Waals surface area contributed by atoms with E-state index in [1.807, 2.05) is 42.2 Å². The third-order valence-corrected chi connectivity index (χ3v) is 5.21. The Morgan fingerprint density at radius 1 is 1.24 bits per heavy atom. The third-order valence-electron chi connectivity index (χ3n) is 5.21. The molecule has 2 aromatic heterocycles. The van der Waals surface area contributed by atoms with Crippen LogP contribution in [0.4, 0.5) is 0 Å². The van der Waals surface area contributed by atoms with Gasteiger partial charge in [0.05, 0.1) is 5.52 Å². The molecule has 1 saturated heterocycles. The van der Waals surface area contributed by atoms with Gasteiger partial charge in [0.25, 0.3) is 0 Å². The zero-order valence-corrected chi connectivity index (χ0v) is 14.6. The van der Waals surface area contributed by atoms with Crippen molar-refractivity contribution in [3.8, 4) is 0 Å². The number of hydrogen-bond donors (Lipinski definition) is 0. The van der Waals surface area contributed by atoms with E-state index in [-0.39, 0.29) is 5.76 Å². The summed E-state index contributed by atoms with van der Waals surface area (Å²) >= 11 is 0. The second kappa shape index (κ2) is 6.88. The van der Waals surface area contributed by atoms with Gasteiger partial charge in [-0.25, -0.2) is 4.79 Å².